The van der Waals surface area contributed by atoms with Crippen molar-refractivity contribution in [3.63, 3.8) is 0 Å². The van der Waals surface area contributed by atoms with Gasteiger partial charge in [0.25, 0.3) is 0 Å². The minimum absolute atomic E-state index is 0.584. The largest absolute Gasteiger partial charge is 0.378 e. The van der Waals surface area contributed by atoms with E-state index in [4.69, 9.17) is 0 Å². The van der Waals surface area contributed by atoms with Gasteiger partial charge in [-0.3, -0.25) is 0 Å². The average molecular weight is 259 g/mol. The van der Waals surface area contributed by atoms with Gasteiger partial charge in [-0.05, 0) is 49.9 Å². The second-order valence-corrected chi connectivity index (χ2v) is 6.26. The molecule has 2 unspecified atom stereocenters. The highest BCUT2D eigenvalue weighted by Crippen LogP contribution is 2.35. The molecule has 1 heterocycles. The van der Waals surface area contributed by atoms with Crippen LogP contribution in [-0.2, 0) is 0 Å². The summed E-state index contributed by atoms with van der Waals surface area (Å²) in [5, 5.41) is 3.71. The fourth-order valence-corrected chi connectivity index (χ4v) is 3.01. The van der Waals surface area contributed by atoms with E-state index in [0.717, 1.165) is 19.0 Å². The first-order chi connectivity index (χ1) is 9.15. The standard InChI is InChI=1S/C16H25N3/c1-12-10-17-16(13-4-5-13)11-19(12)15-8-6-14(7-9-15)18(2)3/h6-9,12-13,16-17H,4-5,10-11H2,1-3H3. The van der Waals surface area contributed by atoms with E-state index in [-0.39, 0.29) is 0 Å². The molecule has 2 aliphatic rings. The third-order valence-electron chi connectivity index (χ3n) is 4.49. The van der Waals surface area contributed by atoms with Crippen molar-refractivity contribution in [1.82, 2.24) is 5.32 Å². The molecule has 1 saturated carbocycles. The summed E-state index contributed by atoms with van der Waals surface area (Å²) in [6, 6.07) is 10.2. The molecule has 0 aromatic heterocycles. The van der Waals surface area contributed by atoms with Crippen LogP contribution in [0.5, 0.6) is 0 Å². The summed E-state index contributed by atoms with van der Waals surface area (Å²) in [4.78, 5) is 4.72. The molecular weight excluding hydrogens is 234 g/mol. The topological polar surface area (TPSA) is 18.5 Å². The van der Waals surface area contributed by atoms with Crippen LogP contribution in [0, 0.1) is 5.92 Å². The Morgan fingerprint density at radius 1 is 1.16 bits per heavy atom. The highest BCUT2D eigenvalue weighted by atomic mass is 15.2. The van der Waals surface area contributed by atoms with Gasteiger partial charge < -0.3 is 15.1 Å². The Bertz CT molecular complexity index is 422. The van der Waals surface area contributed by atoms with E-state index in [1.165, 1.54) is 24.2 Å². The van der Waals surface area contributed by atoms with Crippen molar-refractivity contribution in [2.24, 2.45) is 5.92 Å². The summed E-state index contributed by atoms with van der Waals surface area (Å²) in [5.74, 6) is 0.927. The number of rotatable bonds is 3. The Morgan fingerprint density at radius 3 is 2.42 bits per heavy atom. The molecule has 0 amide bonds. The van der Waals surface area contributed by atoms with Gasteiger partial charge in [0.2, 0.25) is 0 Å². The molecule has 3 rings (SSSR count). The molecule has 1 aromatic carbocycles. The minimum atomic E-state index is 0.584. The van der Waals surface area contributed by atoms with E-state index in [0.29, 0.717) is 12.1 Å². The van der Waals surface area contributed by atoms with E-state index >= 15 is 0 Å². The first kappa shape index (κ1) is 12.8. The monoisotopic (exact) mass is 259 g/mol. The number of hydrogen-bond acceptors (Lipinski definition) is 3. The van der Waals surface area contributed by atoms with Crippen molar-refractivity contribution in [3.05, 3.63) is 24.3 Å². The molecule has 0 bridgehead atoms. The normalized spacial score (nSPS) is 27.4. The van der Waals surface area contributed by atoms with Crippen molar-refractivity contribution in [2.75, 3.05) is 37.0 Å². The van der Waals surface area contributed by atoms with Crippen molar-refractivity contribution >= 4 is 11.4 Å². The maximum atomic E-state index is 3.71. The molecule has 0 spiro atoms. The number of nitrogens with one attached hydrogen (secondary N) is 1. The first-order valence-electron chi connectivity index (χ1n) is 7.42. The Balaban J connectivity index is 1.74. The van der Waals surface area contributed by atoms with Gasteiger partial charge in [-0.15, -0.1) is 0 Å². The molecular formula is C16H25N3. The van der Waals surface area contributed by atoms with E-state index < -0.39 is 0 Å². The van der Waals surface area contributed by atoms with E-state index in [2.05, 4.69) is 60.4 Å². The van der Waals surface area contributed by atoms with Crippen LogP contribution in [0.15, 0.2) is 24.3 Å². The van der Waals surface area contributed by atoms with Crippen LogP contribution in [0.25, 0.3) is 0 Å². The van der Waals surface area contributed by atoms with Gasteiger partial charge in [-0.2, -0.15) is 0 Å². The molecule has 1 aromatic rings. The summed E-state index contributed by atoms with van der Waals surface area (Å²) in [6.07, 6.45) is 2.83. The summed E-state index contributed by atoms with van der Waals surface area (Å²) in [7, 11) is 4.18. The molecule has 19 heavy (non-hydrogen) atoms. The van der Waals surface area contributed by atoms with Crippen molar-refractivity contribution in [3.8, 4) is 0 Å². The molecule has 1 aliphatic carbocycles. The number of benzene rings is 1. The molecule has 3 nitrogen and oxygen atoms in total. The zero-order chi connectivity index (χ0) is 13.4. The second-order valence-electron chi connectivity index (χ2n) is 6.26. The third kappa shape index (κ3) is 2.71. The predicted molar refractivity (Wildman–Crippen MR) is 82.1 cm³/mol. The van der Waals surface area contributed by atoms with Gasteiger partial charge >= 0.3 is 0 Å². The maximum Gasteiger partial charge on any atom is 0.0387 e. The van der Waals surface area contributed by atoms with Gasteiger partial charge in [0, 0.05) is 50.6 Å². The predicted octanol–water partition coefficient (Wildman–Crippen LogP) is 2.33. The number of piperazine rings is 1. The zero-order valence-electron chi connectivity index (χ0n) is 12.3. The first-order valence-corrected chi connectivity index (χ1v) is 7.42. The Labute approximate surface area is 116 Å². The van der Waals surface area contributed by atoms with E-state index in [1.807, 2.05) is 0 Å². The lowest BCUT2D eigenvalue weighted by molar-refractivity contribution is 0.376. The minimum Gasteiger partial charge on any atom is -0.378 e. The number of nitrogens with zero attached hydrogens (tertiary/aromatic N) is 2. The summed E-state index contributed by atoms with van der Waals surface area (Å²) in [6.45, 7) is 4.58. The fraction of sp³-hybridized carbons (Fsp3) is 0.625. The summed E-state index contributed by atoms with van der Waals surface area (Å²) >= 11 is 0. The lowest BCUT2D eigenvalue weighted by Crippen LogP contribution is -2.56. The van der Waals surface area contributed by atoms with Crippen LogP contribution in [0.3, 0.4) is 0 Å². The quantitative estimate of drug-likeness (QED) is 0.899. The fourth-order valence-electron chi connectivity index (χ4n) is 3.01. The van der Waals surface area contributed by atoms with Crippen LogP contribution in [0.1, 0.15) is 19.8 Å². The van der Waals surface area contributed by atoms with Crippen molar-refractivity contribution in [1.29, 1.82) is 0 Å². The molecule has 1 aliphatic heterocycles. The molecule has 3 heteroatoms. The molecule has 1 N–H and O–H groups in total. The molecule has 104 valence electrons. The lowest BCUT2D eigenvalue weighted by Gasteiger charge is -2.40. The maximum absolute atomic E-state index is 3.71. The Morgan fingerprint density at radius 2 is 1.84 bits per heavy atom. The van der Waals surface area contributed by atoms with E-state index in [9.17, 15) is 0 Å². The zero-order valence-corrected chi connectivity index (χ0v) is 12.3. The SMILES string of the molecule is CC1CNC(C2CC2)CN1c1ccc(N(C)C)cc1. The van der Waals surface area contributed by atoms with Gasteiger partial charge in [-0.25, -0.2) is 0 Å². The smallest absolute Gasteiger partial charge is 0.0387 e. The third-order valence-corrected chi connectivity index (χ3v) is 4.49. The van der Waals surface area contributed by atoms with Gasteiger partial charge in [0.05, 0.1) is 0 Å². The van der Waals surface area contributed by atoms with Gasteiger partial charge in [-0.1, -0.05) is 0 Å². The molecule has 2 fully saturated rings. The lowest BCUT2D eigenvalue weighted by atomic mass is 10.1. The van der Waals surface area contributed by atoms with Crippen molar-refractivity contribution in [2.45, 2.75) is 31.8 Å². The van der Waals surface area contributed by atoms with Crippen LogP contribution in [-0.4, -0.2) is 39.3 Å². The van der Waals surface area contributed by atoms with Gasteiger partial charge in [0.1, 0.15) is 0 Å². The van der Waals surface area contributed by atoms with Crippen LogP contribution < -0.4 is 15.1 Å². The number of hydrogen-bond donors (Lipinski definition) is 1. The van der Waals surface area contributed by atoms with Crippen LogP contribution >= 0.6 is 0 Å². The van der Waals surface area contributed by atoms with E-state index in [1.54, 1.807) is 0 Å². The highest BCUT2D eigenvalue weighted by molar-refractivity contribution is 5.56. The Kier molecular flexibility index (Phi) is 3.40. The van der Waals surface area contributed by atoms with Gasteiger partial charge in [0.15, 0.2) is 0 Å². The van der Waals surface area contributed by atoms with Crippen LogP contribution in [0.2, 0.25) is 0 Å². The van der Waals surface area contributed by atoms with Crippen LogP contribution in [0.4, 0.5) is 11.4 Å². The molecule has 0 radical (unpaired) electrons. The summed E-state index contributed by atoms with van der Waals surface area (Å²) < 4.78 is 0. The molecule has 2 atom stereocenters. The average Bonchev–Trinajstić information content (AvgIpc) is 3.24. The van der Waals surface area contributed by atoms with Crippen molar-refractivity contribution < 1.29 is 0 Å². The highest BCUT2D eigenvalue weighted by Gasteiger charge is 2.36. The Hall–Kier alpha value is -1.22. The second kappa shape index (κ2) is 5.04. The molecule has 1 saturated heterocycles. The number of anilines is 2. The summed E-state index contributed by atoms with van der Waals surface area (Å²) in [5.41, 5.74) is 2.63.